The van der Waals surface area contributed by atoms with Crippen molar-refractivity contribution in [3.8, 4) is 0 Å². The van der Waals surface area contributed by atoms with Gasteiger partial charge in [-0.15, -0.1) is 0 Å². The topological polar surface area (TPSA) is 50.3 Å². The number of aromatic amines is 1. The Balaban J connectivity index is 2.33. The number of para-hydroxylation sites is 2. The Kier molecular flexibility index (Phi) is 2.67. The van der Waals surface area contributed by atoms with Crippen molar-refractivity contribution in [2.75, 3.05) is 6.61 Å². The van der Waals surface area contributed by atoms with Crippen LogP contribution in [0.3, 0.4) is 0 Å². The first-order valence-electron chi connectivity index (χ1n) is 4.92. The van der Waals surface area contributed by atoms with Crippen molar-refractivity contribution in [1.82, 2.24) is 9.97 Å². The predicted molar refractivity (Wildman–Crippen MR) is 60.5 cm³/mol. The number of H-pyrrole nitrogens is 1. The van der Waals surface area contributed by atoms with Crippen molar-refractivity contribution in [2.24, 2.45) is 4.99 Å². The van der Waals surface area contributed by atoms with Crippen LogP contribution >= 0.6 is 0 Å². The van der Waals surface area contributed by atoms with Gasteiger partial charge in [0.15, 0.2) is 5.90 Å². The molecule has 0 radical (unpaired) electrons. The van der Waals surface area contributed by atoms with Crippen molar-refractivity contribution in [3.63, 3.8) is 0 Å². The third kappa shape index (κ3) is 2.15. The number of nitrogens with zero attached hydrogens (tertiary/aromatic N) is 2. The number of aromatic nitrogens is 2. The first kappa shape index (κ1) is 9.71. The van der Waals surface area contributed by atoms with Gasteiger partial charge in [0.25, 0.3) is 0 Å². The van der Waals surface area contributed by atoms with Crippen molar-refractivity contribution in [1.29, 1.82) is 0 Å². The molecule has 0 unspecified atom stereocenters. The lowest BCUT2D eigenvalue weighted by atomic mass is 10.3. The maximum atomic E-state index is 5.23. The minimum atomic E-state index is 0.585. The number of imidazole rings is 1. The number of benzene rings is 1. The van der Waals surface area contributed by atoms with Gasteiger partial charge in [0, 0.05) is 6.92 Å². The molecule has 4 nitrogen and oxygen atoms in total. The normalized spacial score (nSPS) is 12.0. The largest absolute Gasteiger partial charge is 0.481 e. The van der Waals surface area contributed by atoms with E-state index in [1.807, 2.05) is 38.1 Å². The fourth-order valence-electron chi connectivity index (χ4n) is 1.38. The van der Waals surface area contributed by atoms with Gasteiger partial charge in [-0.05, 0) is 19.1 Å². The SMILES string of the molecule is CCOC(C)=Nc1nc2ccccc2[nH]1. The summed E-state index contributed by atoms with van der Waals surface area (Å²) >= 11 is 0. The lowest BCUT2D eigenvalue weighted by Crippen LogP contribution is -1.97. The van der Waals surface area contributed by atoms with Crippen molar-refractivity contribution in [3.05, 3.63) is 24.3 Å². The Morgan fingerprint density at radius 2 is 2.27 bits per heavy atom. The van der Waals surface area contributed by atoms with E-state index in [1.54, 1.807) is 0 Å². The molecule has 0 aliphatic rings. The van der Waals surface area contributed by atoms with Crippen LogP contribution in [-0.2, 0) is 4.74 Å². The Morgan fingerprint density at radius 1 is 1.47 bits per heavy atom. The highest BCUT2D eigenvalue weighted by atomic mass is 16.5. The minimum absolute atomic E-state index is 0.585. The zero-order valence-corrected chi connectivity index (χ0v) is 8.82. The number of fused-ring (bicyclic) bond motifs is 1. The molecule has 1 N–H and O–H groups in total. The lowest BCUT2D eigenvalue weighted by molar-refractivity contribution is 0.324. The maximum absolute atomic E-state index is 5.23. The molecule has 0 aliphatic heterocycles. The van der Waals surface area contributed by atoms with E-state index in [9.17, 15) is 0 Å². The smallest absolute Gasteiger partial charge is 0.230 e. The van der Waals surface area contributed by atoms with Crippen LogP contribution < -0.4 is 0 Å². The highest BCUT2D eigenvalue weighted by molar-refractivity contribution is 5.80. The molecule has 2 rings (SSSR count). The Bertz CT molecular complexity index is 454. The average Bonchev–Trinajstić information content (AvgIpc) is 2.59. The number of hydrogen-bond donors (Lipinski definition) is 1. The zero-order valence-electron chi connectivity index (χ0n) is 8.82. The summed E-state index contributed by atoms with van der Waals surface area (Å²) in [5.74, 6) is 1.21. The average molecular weight is 203 g/mol. The van der Waals surface area contributed by atoms with E-state index in [1.165, 1.54) is 0 Å². The Labute approximate surface area is 88.0 Å². The van der Waals surface area contributed by atoms with E-state index in [-0.39, 0.29) is 0 Å². The lowest BCUT2D eigenvalue weighted by Gasteiger charge is -1.98. The van der Waals surface area contributed by atoms with Gasteiger partial charge in [-0.3, -0.25) is 0 Å². The Morgan fingerprint density at radius 3 is 3.00 bits per heavy atom. The second kappa shape index (κ2) is 4.13. The van der Waals surface area contributed by atoms with Gasteiger partial charge in [-0.1, -0.05) is 12.1 Å². The molecule has 1 aromatic heterocycles. The predicted octanol–water partition coefficient (Wildman–Crippen LogP) is 2.65. The van der Waals surface area contributed by atoms with Crippen LogP contribution in [0, 0.1) is 0 Å². The van der Waals surface area contributed by atoms with Gasteiger partial charge in [-0.2, -0.15) is 4.99 Å². The van der Waals surface area contributed by atoms with Gasteiger partial charge in [0.05, 0.1) is 17.6 Å². The quantitative estimate of drug-likeness (QED) is 0.602. The number of ether oxygens (including phenoxy) is 1. The molecule has 1 heterocycles. The molecule has 15 heavy (non-hydrogen) atoms. The van der Waals surface area contributed by atoms with Gasteiger partial charge in [-0.25, -0.2) is 4.98 Å². The summed E-state index contributed by atoms with van der Waals surface area (Å²) in [5, 5.41) is 0. The van der Waals surface area contributed by atoms with E-state index < -0.39 is 0 Å². The fourth-order valence-corrected chi connectivity index (χ4v) is 1.38. The summed E-state index contributed by atoms with van der Waals surface area (Å²) in [4.78, 5) is 11.6. The first-order chi connectivity index (χ1) is 7.29. The summed E-state index contributed by atoms with van der Waals surface area (Å²) in [6, 6.07) is 7.83. The molecule has 0 fully saturated rings. The third-order valence-electron chi connectivity index (χ3n) is 1.99. The summed E-state index contributed by atoms with van der Waals surface area (Å²) in [5.41, 5.74) is 1.90. The molecular weight excluding hydrogens is 190 g/mol. The molecule has 0 amide bonds. The standard InChI is InChI=1S/C11H13N3O/c1-3-15-8(2)12-11-13-9-6-4-5-7-10(9)14-11/h4-7H,3H2,1-2H3,(H,13,14). The highest BCUT2D eigenvalue weighted by Gasteiger charge is 2.00. The van der Waals surface area contributed by atoms with Crippen LogP contribution in [0.2, 0.25) is 0 Å². The fraction of sp³-hybridized carbons (Fsp3) is 0.273. The minimum Gasteiger partial charge on any atom is -0.481 e. The number of rotatable bonds is 2. The van der Waals surface area contributed by atoms with Crippen LogP contribution in [0.4, 0.5) is 5.95 Å². The third-order valence-corrected chi connectivity index (χ3v) is 1.99. The molecule has 78 valence electrons. The molecule has 0 saturated carbocycles. The van der Waals surface area contributed by atoms with E-state index in [2.05, 4.69) is 15.0 Å². The summed E-state index contributed by atoms with van der Waals surface area (Å²) < 4.78 is 5.23. The maximum Gasteiger partial charge on any atom is 0.230 e. The van der Waals surface area contributed by atoms with E-state index in [4.69, 9.17) is 4.74 Å². The zero-order chi connectivity index (χ0) is 10.7. The number of nitrogens with one attached hydrogen (secondary N) is 1. The molecule has 0 spiro atoms. The van der Waals surface area contributed by atoms with Crippen LogP contribution in [-0.4, -0.2) is 22.5 Å². The number of aliphatic imine (C=N–C) groups is 1. The molecule has 1 aromatic carbocycles. The number of hydrogen-bond acceptors (Lipinski definition) is 3. The van der Waals surface area contributed by atoms with Gasteiger partial charge in [0.1, 0.15) is 0 Å². The van der Waals surface area contributed by atoms with E-state index in [0.717, 1.165) is 11.0 Å². The van der Waals surface area contributed by atoms with Crippen LogP contribution in [0.1, 0.15) is 13.8 Å². The molecule has 0 atom stereocenters. The second-order valence-corrected chi connectivity index (χ2v) is 3.14. The molecule has 0 saturated heterocycles. The van der Waals surface area contributed by atoms with E-state index >= 15 is 0 Å². The van der Waals surface area contributed by atoms with E-state index in [0.29, 0.717) is 18.5 Å². The summed E-state index contributed by atoms with van der Waals surface area (Å²) in [7, 11) is 0. The Hall–Kier alpha value is -1.84. The van der Waals surface area contributed by atoms with Crippen LogP contribution in [0.15, 0.2) is 29.3 Å². The van der Waals surface area contributed by atoms with Gasteiger partial charge in [0.2, 0.25) is 5.95 Å². The molecule has 2 aromatic rings. The van der Waals surface area contributed by atoms with Crippen molar-refractivity contribution < 1.29 is 4.74 Å². The molecular formula is C11H13N3O. The van der Waals surface area contributed by atoms with Crippen LogP contribution in [0.5, 0.6) is 0 Å². The summed E-state index contributed by atoms with van der Waals surface area (Å²) in [6.07, 6.45) is 0. The molecule has 0 aliphatic carbocycles. The van der Waals surface area contributed by atoms with Crippen LogP contribution in [0.25, 0.3) is 11.0 Å². The van der Waals surface area contributed by atoms with Gasteiger partial charge < -0.3 is 9.72 Å². The monoisotopic (exact) mass is 203 g/mol. The molecule has 0 bridgehead atoms. The molecule has 4 heteroatoms. The second-order valence-electron chi connectivity index (χ2n) is 3.14. The summed E-state index contributed by atoms with van der Waals surface area (Å²) in [6.45, 7) is 4.36. The van der Waals surface area contributed by atoms with Crippen molar-refractivity contribution >= 4 is 22.9 Å². The first-order valence-corrected chi connectivity index (χ1v) is 4.92. The highest BCUT2D eigenvalue weighted by Crippen LogP contribution is 2.15. The van der Waals surface area contributed by atoms with Gasteiger partial charge >= 0.3 is 0 Å². The van der Waals surface area contributed by atoms with Crippen molar-refractivity contribution in [2.45, 2.75) is 13.8 Å².